The maximum Gasteiger partial charge on any atom is 0.417 e. The number of ketones is 1. The van der Waals surface area contributed by atoms with E-state index >= 15 is 0 Å². The molecule has 1 atom stereocenters. The Balaban J connectivity index is 3.25. The molecule has 1 rings (SSSR count). The zero-order valence-corrected chi connectivity index (χ0v) is 9.39. The van der Waals surface area contributed by atoms with Crippen LogP contribution in [0.4, 0.5) is 13.2 Å². The van der Waals surface area contributed by atoms with Gasteiger partial charge in [0.15, 0.2) is 5.78 Å². The van der Waals surface area contributed by atoms with Crippen LogP contribution in [0.2, 0.25) is 0 Å². The zero-order valence-electron chi connectivity index (χ0n) is 7.81. The third kappa shape index (κ3) is 2.81. The highest BCUT2D eigenvalue weighted by atomic mass is 79.9. The smallest absolute Gasteiger partial charge is 0.293 e. The highest BCUT2D eigenvalue weighted by molar-refractivity contribution is 9.10. The van der Waals surface area contributed by atoms with Gasteiger partial charge in [0.25, 0.3) is 0 Å². The number of hydrogen-bond donors (Lipinski definition) is 0. The predicted molar refractivity (Wildman–Crippen MR) is 54.2 cm³/mol. The van der Waals surface area contributed by atoms with E-state index in [1.807, 2.05) is 0 Å². The third-order valence-corrected chi connectivity index (χ3v) is 2.28. The number of Topliss-reactive ketones (excluding diaryl/α,β-unsaturated/α-hetero) is 1. The summed E-state index contributed by atoms with van der Waals surface area (Å²) >= 11 is 2.96. The molecular formula is C10H8BrF3O. The Labute approximate surface area is 93.4 Å². The molecule has 1 aromatic carbocycles. The average molecular weight is 281 g/mol. The van der Waals surface area contributed by atoms with Crippen LogP contribution in [0.5, 0.6) is 0 Å². The molecule has 0 amide bonds. The number of halogens is 4. The quantitative estimate of drug-likeness (QED) is 0.597. The van der Waals surface area contributed by atoms with Gasteiger partial charge < -0.3 is 0 Å². The second-order valence-corrected chi connectivity index (χ2v) is 4.40. The highest BCUT2D eigenvalue weighted by Gasteiger charge is 2.35. The van der Waals surface area contributed by atoms with Crippen LogP contribution in [0, 0.1) is 0 Å². The molecule has 0 spiro atoms. The maximum atomic E-state index is 12.5. The standard InChI is InChI=1S/C10H8BrF3O/c1-6(11)9(15)7-4-2-3-5-8(7)10(12,13)14/h2-6H,1H3/t6-/m0/s1. The number of benzene rings is 1. The summed E-state index contributed by atoms with van der Waals surface area (Å²) in [6, 6.07) is 4.77. The summed E-state index contributed by atoms with van der Waals surface area (Å²) < 4.78 is 37.5. The van der Waals surface area contributed by atoms with Gasteiger partial charge in [0, 0.05) is 5.56 Å². The molecule has 0 saturated carbocycles. The van der Waals surface area contributed by atoms with Crippen LogP contribution in [-0.4, -0.2) is 10.6 Å². The Bertz CT molecular complexity index is 371. The first kappa shape index (κ1) is 12.2. The first-order chi connectivity index (χ1) is 6.84. The van der Waals surface area contributed by atoms with Crippen molar-refractivity contribution in [2.24, 2.45) is 0 Å². The number of carbonyl (C=O) groups excluding carboxylic acids is 1. The van der Waals surface area contributed by atoms with Crippen molar-refractivity contribution >= 4 is 21.7 Å². The molecule has 0 aliphatic heterocycles. The molecular weight excluding hydrogens is 273 g/mol. The van der Waals surface area contributed by atoms with Crippen molar-refractivity contribution in [1.82, 2.24) is 0 Å². The van der Waals surface area contributed by atoms with Gasteiger partial charge in [0.1, 0.15) is 0 Å². The molecule has 0 aromatic heterocycles. The number of rotatable bonds is 2. The summed E-state index contributed by atoms with van der Waals surface area (Å²) in [7, 11) is 0. The van der Waals surface area contributed by atoms with Crippen LogP contribution in [-0.2, 0) is 6.18 Å². The Morgan fingerprint density at radius 3 is 2.33 bits per heavy atom. The van der Waals surface area contributed by atoms with E-state index in [-0.39, 0.29) is 5.56 Å². The summed E-state index contributed by atoms with van der Waals surface area (Å²) in [5.41, 5.74) is -1.18. The van der Waals surface area contributed by atoms with Gasteiger partial charge in [-0.3, -0.25) is 4.79 Å². The van der Waals surface area contributed by atoms with Crippen molar-refractivity contribution < 1.29 is 18.0 Å². The monoisotopic (exact) mass is 280 g/mol. The van der Waals surface area contributed by atoms with Gasteiger partial charge in [-0.15, -0.1) is 0 Å². The second-order valence-electron chi connectivity index (χ2n) is 3.02. The minimum Gasteiger partial charge on any atom is -0.293 e. The Hall–Kier alpha value is -0.840. The van der Waals surface area contributed by atoms with Gasteiger partial charge in [-0.2, -0.15) is 13.2 Å². The molecule has 0 unspecified atom stereocenters. The van der Waals surface area contributed by atoms with Crippen molar-refractivity contribution in [2.75, 3.05) is 0 Å². The van der Waals surface area contributed by atoms with E-state index in [1.54, 1.807) is 0 Å². The fraction of sp³-hybridized carbons (Fsp3) is 0.300. The summed E-state index contributed by atoms with van der Waals surface area (Å²) in [4.78, 5) is 10.8. The van der Waals surface area contributed by atoms with Crippen molar-refractivity contribution in [2.45, 2.75) is 17.9 Å². The van der Waals surface area contributed by atoms with Crippen LogP contribution >= 0.6 is 15.9 Å². The summed E-state index contributed by atoms with van der Waals surface area (Å²) in [5.74, 6) is -0.567. The van der Waals surface area contributed by atoms with Gasteiger partial charge in [0.05, 0.1) is 10.4 Å². The molecule has 0 bridgehead atoms. The minimum absolute atomic E-state index is 0.297. The topological polar surface area (TPSA) is 17.1 Å². The van der Waals surface area contributed by atoms with Crippen molar-refractivity contribution in [3.05, 3.63) is 35.4 Å². The Morgan fingerprint density at radius 1 is 1.33 bits per heavy atom. The van der Waals surface area contributed by atoms with Crippen molar-refractivity contribution in [3.63, 3.8) is 0 Å². The fourth-order valence-electron chi connectivity index (χ4n) is 1.16. The van der Waals surface area contributed by atoms with Crippen molar-refractivity contribution in [1.29, 1.82) is 0 Å². The number of carbonyl (C=O) groups is 1. The van der Waals surface area contributed by atoms with E-state index < -0.39 is 22.4 Å². The third-order valence-electron chi connectivity index (χ3n) is 1.86. The van der Waals surface area contributed by atoms with Crippen LogP contribution in [0.25, 0.3) is 0 Å². The molecule has 15 heavy (non-hydrogen) atoms. The van der Waals surface area contributed by atoms with E-state index in [4.69, 9.17) is 0 Å². The van der Waals surface area contributed by atoms with Gasteiger partial charge in [-0.05, 0) is 13.0 Å². The maximum absolute atomic E-state index is 12.5. The van der Waals surface area contributed by atoms with E-state index in [2.05, 4.69) is 15.9 Å². The normalized spacial score (nSPS) is 13.7. The van der Waals surface area contributed by atoms with Gasteiger partial charge in [-0.25, -0.2) is 0 Å². The molecule has 5 heteroatoms. The van der Waals surface area contributed by atoms with Crippen LogP contribution < -0.4 is 0 Å². The lowest BCUT2D eigenvalue weighted by atomic mass is 10.0. The van der Waals surface area contributed by atoms with E-state index in [0.717, 1.165) is 6.07 Å². The Morgan fingerprint density at radius 2 is 1.87 bits per heavy atom. The largest absolute Gasteiger partial charge is 0.417 e. The van der Waals surface area contributed by atoms with E-state index in [9.17, 15) is 18.0 Å². The molecule has 0 aliphatic rings. The molecule has 82 valence electrons. The molecule has 0 heterocycles. The lowest BCUT2D eigenvalue weighted by molar-refractivity contribution is -0.137. The molecule has 0 radical (unpaired) electrons. The number of alkyl halides is 4. The van der Waals surface area contributed by atoms with Crippen molar-refractivity contribution in [3.8, 4) is 0 Å². The van der Waals surface area contributed by atoms with Crippen LogP contribution in [0.1, 0.15) is 22.8 Å². The number of hydrogen-bond acceptors (Lipinski definition) is 1. The molecule has 1 aromatic rings. The average Bonchev–Trinajstić information content (AvgIpc) is 2.15. The fourth-order valence-corrected chi connectivity index (χ4v) is 1.41. The van der Waals surface area contributed by atoms with Gasteiger partial charge in [-0.1, -0.05) is 34.1 Å². The molecule has 0 saturated heterocycles. The summed E-state index contributed by atoms with van der Waals surface area (Å²) in [6.07, 6.45) is -4.49. The predicted octanol–water partition coefficient (Wildman–Crippen LogP) is 3.67. The zero-order chi connectivity index (χ0) is 11.6. The first-order valence-electron chi connectivity index (χ1n) is 4.18. The lowest BCUT2D eigenvalue weighted by Crippen LogP contribution is -2.17. The first-order valence-corrected chi connectivity index (χ1v) is 5.10. The van der Waals surface area contributed by atoms with Crippen LogP contribution in [0.3, 0.4) is 0 Å². The molecule has 0 aliphatic carbocycles. The SMILES string of the molecule is C[C@H](Br)C(=O)c1ccccc1C(F)(F)F. The van der Waals surface area contributed by atoms with Gasteiger partial charge in [0.2, 0.25) is 0 Å². The van der Waals surface area contributed by atoms with Crippen LogP contribution in [0.15, 0.2) is 24.3 Å². The minimum atomic E-state index is -4.49. The van der Waals surface area contributed by atoms with Gasteiger partial charge >= 0.3 is 6.18 Å². The Kier molecular flexibility index (Phi) is 3.54. The molecule has 0 fully saturated rings. The highest BCUT2D eigenvalue weighted by Crippen LogP contribution is 2.32. The summed E-state index contributed by atoms with van der Waals surface area (Å²) in [5, 5.41) is 0. The summed E-state index contributed by atoms with van der Waals surface area (Å²) in [6.45, 7) is 1.50. The second kappa shape index (κ2) is 4.35. The lowest BCUT2D eigenvalue weighted by Gasteiger charge is -2.12. The molecule has 0 N–H and O–H groups in total. The van der Waals surface area contributed by atoms with E-state index in [0.29, 0.717) is 0 Å². The van der Waals surface area contributed by atoms with E-state index in [1.165, 1.54) is 25.1 Å². The molecule has 1 nitrogen and oxygen atoms in total.